The number of hydrogen-bond donors (Lipinski definition) is 0. The average Bonchev–Trinajstić information content (AvgIpc) is 2.66. The molecule has 2 nitrogen and oxygen atoms in total. The van der Waals surface area contributed by atoms with Gasteiger partial charge >= 0.3 is 0 Å². The van der Waals surface area contributed by atoms with E-state index in [4.69, 9.17) is 0 Å². The molecule has 88 valence electrons. The first-order valence-corrected chi connectivity index (χ1v) is 5.99. The Kier molecular flexibility index (Phi) is 2.56. The predicted octanol–water partition coefficient (Wildman–Crippen LogP) is 2.92. The fourth-order valence-corrected chi connectivity index (χ4v) is 2.44. The zero-order chi connectivity index (χ0) is 12.5. The van der Waals surface area contributed by atoms with Crippen LogP contribution in [-0.4, -0.2) is 11.6 Å². The Balaban J connectivity index is 1.93. The van der Waals surface area contributed by atoms with Crippen molar-refractivity contribution in [2.45, 2.75) is 6.42 Å². The predicted molar refractivity (Wildman–Crippen MR) is 68.7 cm³/mol. The third-order valence-corrected chi connectivity index (χ3v) is 3.37. The molecule has 2 aromatic carbocycles. The van der Waals surface area contributed by atoms with Crippen LogP contribution in [0.2, 0.25) is 0 Å². The zero-order valence-electron chi connectivity index (χ0n) is 9.80. The molecule has 0 fully saturated rings. The number of carbonyl (C=O) groups excluding carboxylic acids is 2. The van der Waals surface area contributed by atoms with Crippen LogP contribution >= 0.6 is 0 Å². The maximum absolute atomic E-state index is 12.2. The molecule has 2 heteroatoms. The first-order chi connectivity index (χ1) is 8.77. The van der Waals surface area contributed by atoms with Gasteiger partial charge in [-0.1, -0.05) is 54.6 Å². The minimum Gasteiger partial charge on any atom is -0.293 e. The van der Waals surface area contributed by atoms with Crippen molar-refractivity contribution in [3.05, 3.63) is 71.3 Å². The number of rotatable bonds is 2. The molecule has 0 aromatic heterocycles. The minimum atomic E-state index is -0.537. The van der Waals surface area contributed by atoms with Crippen LogP contribution in [0.5, 0.6) is 0 Å². The van der Waals surface area contributed by atoms with Crippen molar-refractivity contribution in [2.75, 3.05) is 0 Å². The Hall–Kier alpha value is -2.22. The molecule has 0 saturated carbocycles. The van der Waals surface area contributed by atoms with E-state index in [-0.39, 0.29) is 11.6 Å². The van der Waals surface area contributed by atoms with Crippen molar-refractivity contribution in [3.8, 4) is 0 Å². The molecule has 1 aliphatic rings. The maximum atomic E-state index is 12.2. The van der Waals surface area contributed by atoms with Crippen LogP contribution in [0, 0.1) is 5.92 Å². The highest BCUT2D eigenvalue weighted by Crippen LogP contribution is 2.28. The molecule has 0 bridgehead atoms. The summed E-state index contributed by atoms with van der Waals surface area (Å²) in [5.74, 6) is -0.622. The Morgan fingerprint density at radius 2 is 1.22 bits per heavy atom. The van der Waals surface area contributed by atoms with Gasteiger partial charge in [-0.25, -0.2) is 0 Å². The van der Waals surface area contributed by atoms with E-state index in [1.807, 2.05) is 30.3 Å². The number of fused-ring (bicyclic) bond motifs is 1. The van der Waals surface area contributed by atoms with Gasteiger partial charge in [-0.15, -0.1) is 0 Å². The lowest BCUT2D eigenvalue weighted by molar-refractivity contribution is 0.0838. The fraction of sp³-hybridized carbons (Fsp3) is 0.125. The van der Waals surface area contributed by atoms with Gasteiger partial charge in [0.2, 0.25) is 0 Å². The molecule has 2 aromatic rings. The molecule has 0 amide bonds. The van der Waals surface area contributed by atoms with Crippen LogP contribution in [0.15, 0.2) is 54.6 Å². The van der Waals surface area contributed by atoms with Gasteiger partial charge in [0.15, 0.2) is 11.6 Å². The molecule has 1 aliphatic carbocycles. The van der Waals surface area contributed by atoms with Crippen LogP contribution in [0.3, 0.4) is 0 Å². The van der Waals surface area contributed by atoms with E-state index in [1.165, 1.54) is 0 Å². The monoisotopic (exact) mass is 236 g/mol. The van der Waals surface area contributed by atoms with Gasteiger partial charge < -0.3 is 0 Å². The minimum absolute atomic E-state index is 0.0422. The largest absolute Gasteiger partial charge is 0.293 e. The molecular formula is C16H12O2. The summed E-state index contributed by atoms with van der Waals surface area (Å²) in [6, 6.07) is 16.7. The summed E-state index contributed by atoms with van der Waals surface area (Å²) in [5, 5.41) is 0. The lowest BCUT2D eigenvalue weighted by Gasteiger charge is -2.06. The summed E-state index contributed by atoms with van der Waals surface area (Å²) in [6.45, 7) is 0. The van der Waals surface area contributed by atoms with E-state index < -0.39 is 5.92 Å². The highest BCUT2D eigenvalue weighted by atomic mass is 16.2. The highest BCUT2D eigenvalue weighted by Gasteiger charge is 2.37. The van der Waals surface area contributed by atoms with Crippen molar-refractivity contribution >= 4 is 11.6 Å². The zero-order valence-corrected chi connectivity index (χ0v) is 9.80. The first kappa shape index (κ1) is 10.9. The summed E-state index contributed by atoms with van der Waals surface area (Å²) in [4.78, 5) is 24.4. The molecular weight excluding hydrogens is 224 g/mol. The quantitative estimate of drug-likeness (QED) is 0.751. The molecule has 0 unspecified atom stereocenters. The molecule has 0 radical (unpaired) electrons. The number of benzene rings is 2. The molecule has 0 atom stereocenters. The maximum Gasteiger partial charge on any atom is 0.174 e. The van der Waals surface area contributed by atoms with E-state index in [2.05, 4.69) is 0 Å². The van der Waals surface area contributed by atoms with E-state index in [0.717, 1.165) is 5.56 Å². The van der Waals surface area contributed by atoms with Crippen molar-refractivity contribution in [2.24, 2.45) is 5.92 Å². The van der Waals surface area contributed by atoms with Gasteiger partial charge in [-0.05, 0) is 12.0 Å². The van der Waals surface area contributed by atoms with Gasteiger partial charge in [0.25, 0.3) is 0 Å². The van der Waals surface area contributed by atoms with Crippen molar-refractivity contribution in [3.63, 3.8) is 0 Å². The van der Waals surface area contributed by atoms with Gasteiger partial charge in [0, 0.05) is 11.1 Å². The van der Waals surface area contributed by atoms with Gasteiger partial charge in [0.1, 0.15) is 0 Å². The van der Waals surface area contributed by atoms with Crippen molar-refractivity contribution < 1.29 is 9.59 Å². The third kappa shape index (κ3) is 1.66. The lowest BCUT2D eigenvalue weighted by atomic mass is 9.95. The molecule has 0 saturated heterocycles. The van der Waals surface area contributed by atoms with Crippen LogP contribution in [0.1, 0.15) is 26.3 Å². The third-order valence-electron chi connectivity index (χ3n) is 3.37. The summed E-state index contributed by atoms with van der Waals surface area (Å²) in [7, 11) is 0. The second-order valence-corrected chi connectivity index (χ2v) is 4.52. The van der Waals surface area contributed by atoms with Gasteiger partial charge in [0.05, 0.1) is 5.92 Å². The van der Waals surface area contributed by atoms with Crippen LogP contribution in [-0.2, 0) is 6.42 Å². The SMILES string of the molecule is O=C1c2ccccc2C(=O)C1Cc1ccccc1. The molecule has 0 heterocycles. The Labute approximate surface area is 105 Å². The fourth-order valence-electron chi connectivity index (χ4n) is 2.44. The second-order valence-electron chi connectivity index (χ2n) is 4.52. The number of hydrogen-bond acceptors (Lipinski definition) is 2. The van der Waals surface area contributed by atoms with E-state index in [0.29, 0.717) is 17.5 Å². The van der Waals surface area contributed by atoms with Crippen molar-refractivity contribution in [1.29, 1.82) is 0 Å². The van der Waals surface area contributed by atoms with Crippen LogP contribution in [0.25, 0.3) is 0 Å². The smallest absolute Gasteiger partial charge is 0.174 e. The molecule has 0 N–H and O–H groups in total. The van der Waals surface area contributed by atoms with Gasteiger partial charge in [-0.2, -0.15) is 0 Å². The average molecular weight is 236 g/mol. The highest BCUT2D eigenvalue weighted by molar-refractivity contribution is 6.26. The number of ketones is 2. The summed E-state index contributed by atoms with van der Waals surface area (Å²) in [6.07, 6.45) is 0.493. The van der Waals surface area contributed by atoms with Crippen LogP contribution < -0.4 is 0 Å². The van der Waals surface area contributed by atoms with E-state index in [9.17, 15) is 9.59 Å². The molecule has 18 heavy (non-hydrogen) atoms. The first-order valence-electron chi connectivity index (χ1n) is 5.99. The number of Topliss-reactive ketones (excluding diaryl/α,β-unsaturated/α-hetero) is 2. The summed E-state index contributed by atoms with van der Waals surface area (Å²) in [5.41, 5.74) is 2.17. The Morgan fingerprint density at radius 3 is 1.78 bits per heavy atom. The van der Waals surface area contributed by atoms with Crippen molar-refractivity contribution in [1.82, 2.24) is 0 Å². The standard InChI is InChI=1S/C16H12O2/c17-15-12-8-4-5-9-13(12)16(18)14(15)10-11-6-2-1-3-7-11/h1-9,14H,10H2. The molecule has 0 spiro atoms. The molecule has 3 rings (SSSR count). The van der Waals surface area contributed by atoms with E-state index >= 15 is 0 Å². The second kappa shape index (κ2) is 4.22. The Morgan fingerprint density at radius 1 is 0.722 bits per heavy atom. The topological polar surface area (TPSA) is 34.1 Å². The summed E-state index contributed by atoms with van der Waals surface area (Å²) < 4.78 is 0. The van der Waals surface area contributed by atoms with Gasteiger partial charge in [-0.3, -0.25) is 9.59 Å². The normalized spacial score (nSPS) is 14.9. The number of carbonyl (C=O) groups is 2. The van der Waals surface area contributed by atoms with Crippen LogP contribution in [0.4, 0.5) is 0 Å². The lowest BCUT2D eigenvalue weighted by Crippen LogP contribution is -2.17. The summed E-state index contributed by atoms with van der Waals surface area (Å²) >= 11 is 0. The van der Waals surface area contributed by atoms with E-state index in [1.54, 1.807) is 24.3 Å². The Bertz CT molecular complexity index is 579. The molecule has 0 aliphatic heterocycles.